The molecule has 3 unspecified atom stereocenters. The number of quaternary nitrogens is 1. The molecule has 2 N–H and O–H groups in total. The van der Waals surface area contributed by atoms with Crippen molar-refractivity contribution in [2.45, 2.75) is 238 Å². The molecule has 0 aliphatic carbocycles. The second kappa shape index (κ2) is 42.0. The van der Waals surface area contributed by atoms with E-state index in [9.17, 15) is 19.4 Å². The summed E-state index contributed by atoms with van der Waals surface area (Å²) in [4.78, 5) is 25.4. The van der Waals surface area contributed by atoms with Crippen LogP contribution in [0.3, 0.4) is 0 Å². The lowest BCUT2D eigenvalue weighted by atomic mass is 10.0. The Balaban J connectivity index is 4.36. The number of aliphatic hydroxyl groups is 1. The van der Waals surface area contributed by atoms with Crippen molar-refractivity contribution < 1.29 is 32.9 Å². The molecule has 0 spiro atoms. The molecule has 9 heteroatoms. The van der Waals surface area contributed by atoms with Gasteiger partial charge in [0.05, 0.1) is 39.9 Å². The number of hydrogen-bond donors (Lipinski definition) is 2. The molecule has 0 aromatic heterocycles. The lowest BCUT2D eigenvalue weighted by Crippen LogP contribution is -2.45. The molecule has 0 aromatic carbocycles. The van der Waals surface area contributed by atoms with Crippen LogP contribution in [0.25, 0.3) is 0 Å². The van der Waals surface area contributed by atoms with Gasteiger partial charge >= 0.3 is 0 Å². The van der Waals surface area contributed by atoms with Crippen molar-refractivity contribution in [1.29, 1.82) is 0 Å². The molecule has 0 fully saturated rings. The van der Waals surface area contributed by atoms with Crippen molar-refractivity contribution in [3.63, 3.8) is 0 Å². The molecule has 8 nitrogen and oxygen atoms in total. The number of aliphatic hydroxyl groups excluding tert-OH is 1. The highest BCUT2D eigenvalue weighted by Crippen LogP contribution is 2.38. The largest absolute Gasteiger partial charge is 0.756 e. The summed E-state index contributed by atoms with van der Waals surface area (Å²) in [5, 5.41) is 13.8. The maximum Gasteiger partial charge on any atom is 0.268 e. The van der Waals surface area contributed by atoms with Crippen LogP contribution in [0, 0.1) is 0 Å². The molecular formula is C50H97N2O6P. The van der Waals surface area contributed by atoms with Gasteiger partial charge in [-0.2, -0.15) is 0 Å². The van der Waals surface area contributed by atoms with Gasteiger partial charge in [-0.1, -0.05) is 204 Å². The van der Waals surface area contributed by atoms with Gasteiger partial charge < -0.3 is 28.8 Å². The van der Waals surface area contributed by atoms with Gasteiger partial charge in [-0.25, -0.2) is 0 Å². The minimum absolute atomic E-state index is 0.00264. The summed E-state index contributed by atoms with van der Waals surface area (Å²) in [5.74, 6) is -0.205. The van der Waals surface area contributed by atoms with Crippen molar-refractivity contribution in [1.82, 2.24) is 5.32 Å². The quantitative estimate of drug-likeness (QED) is 0.0273. The summed E-state index contributed by atoms with van der Waals surface area (Å²) in [6, 6.07) is -0.890. The van der Waals surface area contributed by atoms with Crippen LogP contribution in [0.4, 0.5) is 0 Å². The van der Waals surface area contributed by atoms with E-state index < -0.39 is 20.0 Å². The number of phosphoric acid groups is 1. The third kappa shape index (κ3) is 44.6. The third-order valence-electron chi connectivity index (χ3n) is 11.1. The van der Waals surface area contributed by atoms with E-state index >= 15 is 0 Å². The number of allylic oxidation sites excluding steroid dienone is 5. The second-order valence-corrected chi connectivity index (χ2v) is 19.6. The van der Waals surface area contributed by atoms with Crippen molar-refractivity contribution in [3.05, 3.63) is 36.5 Å². The van der Waals surface area contributed by atoms with E-state index in [4.69, 9.17) is 9.05 Å². The first-order valence-electron chi connectivity index (χ1n) is 24.9. The molecule has 0 aliphatic rings. The number of rotatable bonds is 45. The first-order valence-corrected chi connectivity index (χ1v) is 26.3. The number of carbonyl (C=O) groups excluding carboxylic acids is 1. The van der Waals surface area contributed by atoms with Crippen LogP contribution >= 0.6 is 7.82 Å². The number of likely N-dealkylation sites (N-methyl/N-ethyl adjacent to an activating group) is 1. The van der Waals surface area contributed by atoms with E-state index in [1.165, 1.54) is 154 Å². The number of hydrogen-bond acceptors (Lipinski definition) is 6. The van der Waals surface area contributed by atoms with Gasteiger partial charge in [0.2, 0.25) is 5.91 Å². The maximum absolute atomic E-state index is 12.9. The van der Waals surface area contributed by atoms with Crippen LogP contribution in [0.2, 0.25) is 0 Å². The Morgan fingerprint density at radius 3 is 1.42 bits per heavy atom. The van der Waals surface area contributed by atoms with Crippen molar-refractivity contribution in [3.8, 4) is 0 Å². The number of amides is 1. The summed E-state index contributed by atoms with van der Waals surface area (Å²) < 4.78 is 23.3. The average molecular weight is 853 g/mol. The molecule has 59 heavy (non-hydrogen) atoms. The van der Waals surface area contributed by atoms with Gasteiger partial charge in [0.25, 0.3) is 7.82 Å². The molecule has 0 saturated heterocycles. The van der Waals surface area contributed by atoms with E-state index in [-0.39, 0.29) is 19.1 Å². The Morgan fingerprint density at radius 1 is 0.593 bits per heavy atom. The van der Waals surface area contributed by atoms with Crippen LogP contribution in [-0.4, -0.2) is 68.5 Å². The van der Waals surface area contributed by atoms with Gasteiger partial charge in [-0.15, -0.1) is 0 Å². The van der Waals surface area contributed by atoms with Crippen LogP contribution in [0.15, 0.2) is 36.5 Å². The summed E-state index contributed by atoms with van der Waals surface area (Å²) in [6.45, 7) is 4.64. The minimum atomic E-state index is -4.59. The Hall–Kier alpha value is -1.28. The summed E-state index contributed by atoms with van der Waals surface area (Å²) in [7, 11) is 1.26. The topological polar surface area (TPSA) is 108 Å². The first-order chi connectivity index (χ1) is 28.5. The Kier molecular flexibility index (Phi) is 41.1. The van der Waals surface area contributed by atoms with Gasteiger partial charge in [-0.05, 0) is 51.4 Å². The number of nitrogens with zero attached hydrogens (tertiary/aromatic N) is 1. The predicted octanol–water partition coefficient (Wildman–Crippen LogP) is 13.6. The number of carbonyl (C=O) groups is 1. The number of nitrogens with one attached hydrogen (secondary N) is 1. The van der Waals surface area contributed by atoms with E-state index in [0.717, 1.165) is 51.4 Å². The molecule has 0 saturated carbocycles. The van der Waals surface area contributed by atoms with E-state index in [0.29, 0.717) is 17.4 Å². The first kappa shape index (κ1) is 57.7. The third-order valence-corrected chi connectivity index (χ3v) is 12.1. The average Bonchev–Trinajstić information content (AvgIpc) is 3.19. The molecular weight excluding hydrogens is 756 g/mol. The summed E-state index contributed by atoms with van der Waals surface area (Å²) in [6.07, 6.45) is 51.9. The SMILES string of the molecule is CCCCCC/C=C\C/C=C\CCCCCCCCCC(=O)NC(COP(=O)([O-])OCC[N+](C)(C)C)C(O)/C=C/CCCCCCCCCCCCCCCCCCC. The highest BCUT2D eigenvalue weighted by Gasteiger charge is 2.23. The van der Waals surface area contributed by atoms with E-state index in [1.807, 2.05) is 27.2 Å². The highest BCUT2D eigenvalue weighted by atomic mass is 31.2. The highest BCUT2D eigenvalue weighted by molar-refractivity contribution is 7.45. The normalized spacial score (nSPS) is 14.5. The van der Waals surface area contributed by atoms with Gasteiger partial charge in [0.15, 0.2) is 0 Å². The van der Waals surface area contributed by atoms with Gasteiger partial charge in [-0.3, -0.25) is 9.36 Å². The molecule has 0 radical (unpaired) electrons. The molecule has 0 rings (SSSR count). The van der Waals surface area contributed by atoms with Crippen LogP contribution in [-0.2, 0) is 18.4 Å². The Morgan fingerprint density at radius 2 is 0.983 bits per heavy atom. The number of phosphoric ester groups is 1. The monoisotopic (exact) mass is 853 g/mol. The van der Waals surface area contributed by atoms with Gasteiger partial charge in [0, 0.05) is 6.42 Å². The van der Waals surface area contributed by atoms with Crippen molar-refractivity contribution in [2.24, 2.45) is 0 Å². The number of unbranched alkanes of at least 4 members (excludes halogenated alkanes) is 28. The molecule has 1 amide bonds. The smallest absolute Gasteiger partial charge is 0.268 e. The Bertz CT molecular complexity index is 1060. The van der Waals surface area contributed by atoms with Crippen LogP contribution < -0.4 is 10.2 Å². The minimum Gasteiger partial charge on any atom is -0.756 e. The molecule has 3 atom stereocenters. The van der Waals surface area contributed by atoms with E-state index in [2.05, 4.69) is 43.5 Å². The molecule has 0 heterocycles. The maximum atomic E-state index is 12.9. The molecule has 0 bridgehead atoms. The molecule has 0 aliphatic heterocycles. The van der Waals surface area contributed by atoms with Crippen molar-refractivity contribution >= 4 is 13.7 Å². The van der Waals surface area contributed by atoms with E-state index in [1.54, 1.807) is 6.08 Å². The summed E-state index contributed by atoms with van der Waals surface area (Å²) in [5.41, 5.74) is 0. The predicted molar refractivity (Wildman–Crippen MR) is 251 cm³/mol. The Labute approximate surface area is 366 Å². The zero-order chi connectivity index (χ0) is 43.6. The van der Waals surface area contributed by atoms with Crippen LogP contribution in [0.5, 0.6) is 0 Å². The summed E-state index contributed by atoms with van der Waals surface area (Å²) >= 11 is 0. The lowest BCUT2D eigenvalue weighted by Gasteiger charge is -2.29. The fraction of sp³-hybridized carbons (Fsp3) is 0.860. The second-order valence-electron chi connectivity index (χ2n) is 18.2. The lowest BCUT2D eigenvalue weighted by molar-refractivity contribution is -0.870. The fourth-order valence-corrected chi connectivity index (χ4v) is 7.85. The zero-order valence-electron chi connectivity index (χ0n) is 39.5. The molecule has 0 aromatic rings. The standard InChI is InChI=1S/C50H97N2O6P/c1-6-8-10-12-14-16-18-20-22-24-26-27-29-31-33-35-37-39-41-43-49(53)48(47-58-59(55,56)57-46-45-52(3,4)5)51-50(54)44-42-40-38-36-34-32-30-28-25-23-21-19-17-15-13-11-9-7-2/h17,19,23,25,41,43,48-49,53H,6-16,18,20-22,24,26-40,42,44-47H2,1-5H3,(H-,51,54,55,56)/b19-17-,25-23-,43-41+. The van der Waals surface area contributed by atoms with Crippen molar-refractivity contribution in [2.75, 3.05) is 40.9 Å². The van der Waals surface area contributed by atoms with Gasteiger partial charge in [0.1, 0.15) is 13.2 Å². The fourth-order valence-electron chi connectivity index (χ4n) is 7.12. The van der Waals surface area contributed by atoms with Crippen LogP contribution in [0.1, 0.15) is 226 Å². The zero-order valence-corrected chi connectivity index (χ0v) is 40.4. The molecule has 348 valence electrons.